The lowest BCUT2D eigenvalue weighted by Gasteiger charge is -1.94. The summed E-state index contributed by atoms with van der Waals surface area (Å²) in [6.07, 6.45) is 8.15. The van der Waals surface area contributed by atoms with Crippen LogP contribution in [0, 0.1) is 6.92 Å². The highest BCUT2D eigenvalue weighted by atomic mass is 13.9. The number of benzene rings is 1. The molecule has 1 aromatic carbocycles. The van der Waals surface area contributed by atoms with Gasteiger partial charge in [-0.3, -0.25) is 0 Å². The van der Waals surface area contributed by atoms with Crippen LogP contribution in [-0.2, 0) is 6.42 Å². The zero-order valence-electron chi connectivity index (χ0n) is 11.6. The van der Waals surface area contributed by atoms with Crippen molar-refractivity contribution >= 4 is 0 Å². The van der Waals surface area contributed by atoms with E-state index in [1.54, 1.807) is 0 Å². The van der Waals surface area contributed by atoms with Crippen LogP contribution in [-0.4, -0.2) is 0 Å². The van der Waals surface area contributed by atoms with Gasteiger partial charge in [0.15, 0.2) is 0 Å². The number of unbranched alkanes of at least 4 members (excludes halogenated alkanes) is 4. The number of hydrogen-bond donors (Lipinski definition) is 0. The van der Waals surface area contributed by atoms with Gasteiger partial charge in [0.2, 0.25) is 0 Å². The van der Waals surface area contributed by atoms with Gasteiger partial charge in [0.05, 0.1) is 0 Å². The molecule has 0 aliphatic heterocycles. The number of hydrogen-bond acceptors (Lipinski definition) is 0. The van der Waals surface area contributed by atoms with Crippen LogP contribution in [0.1, 0.15) is 64.0 Å². The molecule has 0 aromatic heterocycles. The summed E-state index contributed by atoms with van der Waals surface area (Å²) in [7, 11) is 0. The topological polar surface area (TPSA) is 0 Å². The Balaban J connectivity index is 0.000000293. The monoisotopic (exact) mass is 220 g/mol. The zero-order valence-corrected chi connectivity index (χ0v) is 11.6. The van der Waals surface area contributed by atoms with Crippen LogP contribution < -0.4 is 0 Å². The Bertz CT molecular complexity index is 229. The number of aryl methyl sites for hydroxylation is 2. The van der Waals surface area contributed by atoms with Crippen molar-refractivity contribution in [2.24, 2.45) is 0 Å². The van der Waals surface area contributed by atoms with E-state index in [0.717, 1.165) is 6.42 Å². The van der Waals surface area contributed by atoms with E-state index in [1.807, 2.05) is 0 Å². The van der Waals surface area contributed by atoms with Gasteiger partial charge in [-0.25, -0.2) is 0 Å². The van der Waals surface area contributed by atoms with Crippen LogP contribution in [0.2, 0.25) is 0 Å². The van der Waals surface area contributed by atoms with E-state index >= 15 is 0 Å². The molecule has 0 atom stereocenters. The molecule has 0 saturated carbocycles. The van der Waals surface area contributed by atoms with Crippen molar-refractivity contribution in [3.8, 4) is 0 Å². The van der Waals surface area contributed by atoms with Crippen molar-refractivity contribution in [1.29, 1.82) is 0 Å². The van der Waals surface area contributed by atoms with Crippen LogP contribution in [0.3, 0.4) is 0 Å². The summed E-state index contributed by atoms with van der Waals surface area (Å²) >= 11 is 0. The second kappa shape index (κ2) is 10.7. The molecular formula is C16H28. The predicted octanol–water partition coefficient (Wildman–Crippen LogP) is 5.53. The Labute approximate surface area is 102 Å². The van der Waals surface area contributed by atoms with E-state index in [4.69, 9.17) is 0 Å². The number of rotatable bonds is 5. The maximum atomic E-state index is 2.25. The summed E-state index contributed by atoms with van der Waals surface area (Å²) in [5.41, 5.74) is 2.76. The fraction of sp³-hybridized carbons (Fsp3) is 0.625. The van der Waals surface area contributed by atoms with E-state index < -0.39 is 0 Å². The lowest BCUT2D eigenvalue weighted by Crippen LogP contribution is -1.77. The predicted molar refractivity (Wildman–Crippen MR) is 75.0 cm³/mol. The lowest BCUT2D eigenvalue weighted by molar-refractivity contribution is 0.656. The maximum absolute atomic E-state index is 2.25. The molecule has 1 rings (SSSR count). The van der Waals surface area contributed by atoms with Gasteiger partial charge in [-0.05, 0) is 18.9 Å². The van der Waals surface area contributed by atoms with Crippen molar-refractivity contribution in [2.75, 3.05) is 0 Å². The molecule has 0 heteroatoms. The molecule has 0 bridgehead atoms. The van der Waals surface area contributed by atoms with Crippen molar-refractivity contribution in [1.82, 2.24) is 0 Å². The molecule has 0 nitrogen and oxygen atoms in total. The van der Waals surface area contributed by atoms with E-state index in [1.165, 1.54) is 43.2 Å². The normalized spacial score (nSPS) is 9.50. The average molecular weight is 220 g/mol. The fourth-order valence-electron chi connectivity index (χ4n) is 1.50. The van der Waals surface area contributed by atoms with Crippen LogP contribution in [0.4, 0.5) is 0 Å². The Morgan fingerprint density at radius 2 is 1.25 bits per heavy atom. The van der Waals surface area contributed by atoms with E-state index in [-0.39, 0.29) is 0 Å². The first kappa shape index (κ1) is 15.2. The van der Waals surface area contributed by atoms with Crippen molar-refractivity contribution in [3.63, 3.8) is 0 Å². The first-order valence-electron chi connectivity index (χ1n) is 6.80. The van der Waals surface area contributed by atoms with Gasteiger partial charge >= 0.3 is 0 Å². The summed E-state index contributed by atoms with van der Waals surface area (Å²) in [5, 5.41) is 0. The molecule has 0 fully saturated rings. The molecule has 92 valence electrons. The second-order valence-electron chi connectivity index (χ2n) is 4.40. The molecule has 0 amide bonds. The molecule has 1 aromatic rings. The van der Waals surface area contributed by atoms with Crippen molar-refractivity contribution in [3.05, 3.63) is 35.4 Å². The average Bonchev–Trinajstić information content (AvgIpc) is 2.32. The van der Waals surface area contributed by atoms with E-state index in [2.05, 4.69) is 52.0 Å². The standard InChI is InChI=1S/C9H12.C7H16/c1-3-9-6-4-8(2)5-7-9;1-3-5-7-6-4-2/h4-7H,3H2,1-2H3;3-7H2,1-2H3. The van der Waals surface area contributed by atoms with E-state index in [9.17, 15) is 0 Å². The molecule has 0 unspecified atom stereocenters. The van der Waals surface area contributed by atoms with Crippen LogP contribution in [0.25, 0.3) is 0 Å². The molecule has 0 heterocycles. The van der Waals surface area contributed by atoms with Crippen molar-refractivity contribution in [2.45, 2.75) is 66.2 Å². The summed E-state index contributed by atoms with van der Waals surface area (Å²) in [4.78, 5) is 0. The smallest absolute Gasteiger partial charge is 0.0307 e. The third kappa shape index (κ3) is 8.52. The van der Waals surface area contributed by atoms with Crippen LogP contribution in [0.5, 0.6) is 0 Å². The highest BCUT2D eigenvalue weighted by molar-refractivity contribution is 5.20. The van der Waals surface area contributed by atoms with Crippen molar-refractivity contribution < 1.29 is 0 Å². The molecular weight excluding hydrogens is 192 g/mol. The first-order chi connectivity index (χ1) is 7.74. The highest BCUT2D eigenvalue weighted by Gasteiger charge is 1.84. The summed E-state index contributed by atoms with van der Waals surface area (Å²) < 4.78 is 0. The summed E-state index contributed by atoms with van der Waals surface area (Å²) in [6, 6.07) is 8.66. The third-order valence-corrected chi connectivity index (χ3v) is 2.74. The minimum absolute atomic E-state index is 1.14. The Hall–Kier alpha value is -0.780. The highest BCUT2D eigenvalue weighted by Crippen LogP contribution is 2.02. The Kier molecular flexibility index (Phi) is 10.2. The SMILES string of the molecule is CCCCCCC.CCc1ccc(C)cc1. The molecule has 0 radical (unpaired) electrons. The van der Waals surface area contributed by atoms with Gasteiger partial charge in [0, 0.05) is 0 Å². The molecule has 0 saturated heterocycles. The van der Waals surface area contributed by atoms with Gasteiger partial charge in [-0.2, -0.15) is 0 Å². The molecule has 0 N–H and O–H groups in total. The minimum Gasteiger partial charge on any atom is -0.0654 e. The first-order valence-corrected chi connectivity index (χ1v) is 6.80. The molecule has 0 aliphatic carbocycles. The van der Waals surface area contributed by atoms with Gasteiger partial charge in [0.25, 0.3) is 0 Å². The fourth-order valence-corrected chi connectivity index (χ4v) is 1.50. The second-order valence-corrected chi connectivity index (χ2v) is 4.40. The molecule has 16 heavy (non-hydrogen) atoms. The minimum atomic E-state index is 1.14. The largest absolute Gasteiger partial charge is 0.0654 e. The zero-order chi connectivity index (χ0) is 12.2. The Morgan fingerprint density at radius 1 is 0.750 bits per heavy atom. The molecule has 0 spiro atoms. The Morgan fingerprint density at radius 3 is 1.62 bits per heavy atom. The van der Waals surface area contributed by atoms with Crippen LogP contribution in [0.15, 0.2) is 24.3 Å². The molecule has 0 aliphatic rings. The van der Waals surface area contributed by atoms with Gasteiger partial charge in [-0.1, -0.05) is 82.7 Å². The summed E-state index contributed by atoms with van der Waals surface area (Å²) in [6.45, 7) is 8.77. The third-order valence-electron chi connectivity index (χ3n) is 2.74. The maximum Gasteiger partial charge on any atom is -0.0307 e. The quantitative estimate of drug-likeness (QED) is 0.572. The van der Waals surface area contributed by atoms with Crippen LogP contribution >= 0.6 is 0 Å². The lowest BCUT2D eigenvalue weighted by atomic mass is 10.1. The van der Waals surface area contributed by atoms with E-state index in [0.29, 0.717) is 0 Å². The van der Waals surface area contributed by atoms with Gasteiger partial charge in [0.1, 0.15) is 0 Å². The summed E-state index contributed by atoms with van der Waals surface area (Å²) in [5.74, 6) is 0. The van der Waals surface area contributed by atoms with Gasteiger partial charge in [-0.15, -0.1) is 0 Å². The van der Waals surface area contributed by atoms with Gasteiger partial charge < -0.3 is 0 Å².